The Balaban J connectivity index is 1.98. The molecule has 2 rings (SSSR count). The molecule has 0 radical (unpaired) electrons. The Hall–Kier alpha value is -0.930. The van der Waals surface area contributed by atoms with Crippen LogP contribution in [0.2, 0.25) is 5.02 Å². The minimum absolute atomic E-state index is 0.465. The van der Waals surface area contributed by atoms with E-state index in [1.165, 1.54) is 6.42 Å². The SMILES string of the molecule is COc1ccc(Cl)c(OCC2CCN2)c1. The number of benzene rings is 1. The summed E-state index contributed by atoms with van der Waals surface area (Å²) in [4.78, 5) is 0. The molecular formula is C11H14ClNO2. The average molecular weight is 228 g/mol. The fourth-order valence-corrected chi connectivity index (χ4v) is 1.57. The fraction of sp³-hybridized carbons (Fsp3) is 0.455. The van der Waals surface area contributed by atoms with Crippen molar-refractivity contribution in [3.63, 3.8) is 0 Å². The van der Waals surface area contributed by atoms with E-state index in [9.17, 15) is 0 Å². The van der Waals surface area contributed by atoms with E-state index in [2.05, 4.69) is 5.32 Å². The molecule has 3 nitrogen and oxygen atoms in total. The predicted octanol–water partition coefficient (Wildman–Crippen LogP) is 2.09. The molecule has 1 saturated heterocycles. The highest BCUT2D eigenvalue weighted by atomic mass is 35.5. The van der Waals surface area contributed by atoms with Crippen molar-refractivity contribution in [2.75, 3.05) is 20.3 Å². The highest BCUT2D eigenvalue weighted by Crippen LogP contribution is 2.29. The molecule has 0 amide bonds. The zero-order chi connectivity index (χ0) is 10.7. The molecule has 0 saturated carbocycles. The number of halogens is 1. The minimum Gasteiger partial charge on any atom is -0.497 e. The average Bonchev–Trinajstić information content (AvgIpc) is 2.18. The number of nitrogens with one attached hydrogen (secondary N) is 1. The van der Waals surface area contributed by atoms with Crippen molar-refractivity contribution in [3.8, 4) is 11.5 Å². The molecule has 1 unspecified atom stereocenters. The second-order valence-corrected chi connectivity index (χ2v) is 3.95. The first-order valence-electron chi connectivity index (χ1n) is 4.99. The summed E-state index contributed by atoms with van der Waals surface area (Å²) in [6.07, 6.45) is 1.17. The Bertz CT molecular complexity index is 339. The van der Waals surface area contributed by atoms with Crippen LogP contribution < -0.4 is 14.8 Å². The van der Waals surface area contributed by atoms with Gasteiger partial charge in [-0.25, -0.2) is 0 Å². The van der Waals surface area contributed by atoms with Crippen LogP contribution in [-0.4, -0.2) is 26.3 Å². The van der Waals surface area contributed by atoms with Crippen LogP contribution in [0.1, 0.15) is 6.42 Å². The van der Waals surface area contributed by atoms with Crippen molar-refractivity contribution < 1.29 is 9.47 Å². The Morgan fingerprint density at radius 3 is 2.93 bits per heavy atom. The van der Waals surface area contributed by atoms with Crippen molar-refractivity contribution >= 4 is 11.6 Å². The lowest BCUT2D eigenvalue weighted by atomic mass is 10.1. The topological polar surface area (TPSA) is 30.5 Å². The molecule has 1 aromatic rings. The highest BCUT2D eigenvalue weighted by molar-refractivity contribution is 6.32. The molecule has 1 aliphatic rings. The molecule has 4 heteroatoms. The third-order valence-corrected chi connectivity index (χ3v) is 2.82. The van der Waals surface area contributed by atoms with Crippen molar-refractivity contribution in [3.05, 3.63) is 23.2 Å². The summed E-state index contributed by atoms with van der Waals surface area (Å²) in [5.74, 6) is 1.45. The van der Waals surface area contributed by atoms with Crippen LogP contribution in [0.25, 0.3) is 0 Å². The largest absolute Gasteiger partial charge is 0.497 e. The second-order valence-electron chi connectivity index (χ2n) is 3.55. The Morgan fingerprint density at radius 1 is 1.53 bits per heavy atom. The van der Waals surface area contributed by atoms with Crippen LogP contribution in [0.15, 0.2) is 18.2 Å². The fourth-order valence-electron chi connectivity index (χ4n) is 1.40. The molecular weight excluding hydrogens is 214 g/mol. The van der Waals surface area contributed by atoms with Gasteiger partial charge in [0.1, 0.15) is 18.1 Å². The van der Waals surface area contributed by atoms with Gasteiger partial charge in [0.05, 0.1) is 12.1 Å². The van der Waals surface area contributed by atoms with E-state index >= 15 is 0 Å². The van der Waals surface area contributed by atoms with Gasteiger partial charge in [-0.15, -0.1) is 0 Å². The maximum absolute atomic E-state index is 6.00. The second kappa shape index (κ2) is 4.73. The maximum atomic E-state index is 6.00. The molecule has 0 aliphatic carbocycles. The summed E-state index contributed by atoms with van der Waals surface area (Å²) in [6.45, 7) is 1.74. The van der Waals surface area contributed by atoms with Crippen molar-refractivity contribution in [2.24, 2.45) is 0 Å². The first-order chi connectivity index (χ1) is 7.29. The summed E-state index contributed by atoms with van der Waals surface area (Å²) in [5.41, 5.74) is 0. The van der Waals surface area contributed by atoms with E-state index in [0.717, 1.165) is 12.3 Å². The lowest BCUT2D eigenvalue weighted by molar-refractivity contribution is 0.217. The third-order valence-electron chi connectivity index (χ3n) is 2.50. The van der Waals surface area contributed by atoms with E-state index in [1.54, 1.807) is 19.2 Å². The van der Waals surface area contributed by atoms with Crippen LogP contribution in [0.3, 0.4) is 0 Å². The molecule has 0 bridgehead atoms. The number of ether oxygens (including phenoxy) is 2. The highest BCUT2D eigenvalue weighted by Gasteiger charge is 2.17. The molecule has 0 spiro atoms. The van der Waals surface area contributed by atoms with E-state index in [4.69, 9.17) is 21.1 Å². The molecule has 82 valence electrons. The van der Waals surface area contributed by atoms with E-state index in [0.29, 0.717) is 23.4 Å². The lowest BCUT2D eigenvalue weighted by Crippen LogP contribution is -2.46. The van der Waals surface area contributed by atoms with Crippen LogP contribution in [0.5, 0.6) is 11.5 Å². The number of rotatable bonds is 4. The summed E-state index contributed by atoms with van der Waals surface area (Å²) in [6, 6.07) is 5.87. The standard InChI is InChI=1S/C11H14ClNO2/c1-14-9-2-3-10(12)11(6-9)15-7-8-4-5-13-8/h2-3,6,8,13H,4-5,7H2,1H3. The van der Waals surface area contributed by atoms with Gasteiger partial charge in [-0.05, 0) is 25.1 Å². The quantitative estimate of drug-likeness (QED) is 0.855. The number of hydrogen-bond donors (Lipinski definition) is 1. The smallest absolute Gasteiger partial charge is 0.141 e. The summed E-state index contributed by atoms with van der Waals surface area (Å²) < 4.78 is 10.7. The van der Waals surface area contributed by atoms with Crippen LogP contribution in [0, 0.1) is 0 Å². The molecule has 1 aliphatic heterocycles. The van der Waals surface area contributed by atoms with Gasteiger partial charge < -0.3 is 14.8 Å². The van der Waals surface area contributed by atoms with E-state index < -0.39 is 0 Å². The van der Waals surface area contributed by atoms with E-state index in [1.807, 2.05) is 6.07 Å². The molecule has 0 aromatic heterocycles. The molecule has 1 aromatic carbocycles. The molecule has 1 atom stereocenters. The molecule has 15 heavy (non-hydrogen) atoms. The Kier molecular flexibility index (Phi) is 3.34. The first kappa shape index (κ1) is 10.6. The third kappa shape index (κ3) is 2.55. The lowest BCUT2D eigenvalue weighted by Gasteiger charge is -2.27. The zero-order valence-electron chi connectivity index (χ0n) is 8.63. The monoisotopic (exact) mass is 227 g/mol. The number of hydrogen-bond acceptors (Lipinski definition) is 3. The normalized spacial score (nSPS) is 19.5. The molecule has 1 fully saturated rings. The van der Waals surface area contributed by atoms with Crippen molar-refractivity contribution in [1.29, 1.82) is 0 Å². The van der Waals surface area contributed by atoms with Gasteiger partial charge in [0.2, 0.25) is 0 Å². The van der Waals surface area contributed by atoms with Gasteiger partial charge in [-0.1, -0.05) is 11.6 Å². The summed E-state index contributed by atoms with van der Waals surface area (Å²) >= 11 is 6.00. The molecule has 1 heterocycles. The van der Waals surface area contributed by atoms with Gasteiger partial charge >= 0.3 is 0 Å². The Labute approximate surface area is 94.3 Å². The summed E-state index contributed by atoms with van der Waals surface area (Å²) in [5, 5.41) is 3.88. The van der Waals surface area contributed by atoms with E-state index in [-0.39, 0.29) is 0 Å². The van der Waals surface area contributed by atoms with Crippen LogP contribution in [-0.2, 0) is 0 Å². The van der Waals surface area contributed by atoms with Gasteiger partial charge in [-0.3, -0.25) is 0 Å². The maximum Gasteiger partial charge on any atom is 0.141 e. The van der Waals surface area contributed by atoms with Crippen molar-refractivity contribution in [1.82, 2.24) is 5.32 Å². The number of methoxy groups -OCH3 is 1. The van der Waals surface area contributed by atoms with Gasteiger partial charge in [0.25, 0.3) is 0 Å². The minimum atomic E-state index is 0.465. The van der Waals surface area contributed by atoms with Gasteiger partial charge in [0.15, 0.2) is 0 Å². The summed E-state index contributed by atoms with van der Waals surface area (Å²) in [7, 11) is 1.63. The van der Waals surface area contributed by atoms with Crippen LogP contribution in [0.4, 0.5) is 0 Å². The Morgan fingerprint density at radius 2 is 2.33 bits per heavy atom. The van der Waals surface area contributed by atoms with Gasteiger partial charge in [0, 0.05) is 12.1 Å². The van der Waals surface area contributed by atoms with Gasteiger partial charge in [-0.2, -0.15) is 0 Å². The predicted molar refractivity (Wildman–Crippen MR) is 59.9 cm³/mol. The van der Waals surface area contributed by atoms with Crippen LogP contribution >= 0.6 is 11.6 Å². The molecule has 1 N–H and O–H groups in total. The first-order valence-corrected chi connectivity index (χ1v) is 5.37. The zero-order valence-corrected chi connectivity index (χ0v) is 9.38. The van der Waals surface area contributed by atoms with Crippen molar-refractivity contribution in [2.45, 2.75) is 12.5 Å².